The summed E-state index contributed by atoms with van der Waals surface area (Å²) in [5.74, 6) is 0.906. The molecule has 0 atom stereocenters. The van der Waals surface area contributed by atoms with Gasteiger partial charge in [0, 0.05) is 19.2 Å². The highest BCUT2D eigenvalue weighted by Crippen LogP contribution is 2.16. The van der Waals surface area contributed by atoms with Gasteiger partial charge in [0.1, 0.15) is 17.4 Å². The van der Waals surface area contributed by atoms with Gasteiger partial charge in [-0.15, -0.1) is 0 Å². The summed E-state index contributed by atoms with van der Waals surface area (Å²) in [6.45, 7) is 5.83. The second-order valence-corrected chi connectivity index (χ2v) is 6.91. The number of likely N-dealkylation sites (N-methyl/N-ethyl adjacent to an activating group) is 1. The van der Waals surface area contributed by atoms with Gasteiger partial charge < -0.3 is 4.74 Å². The molecule has 2 heterocycles. The number of para-hydroxylation sites is 1. The van der Waals surface area contributed by atoms with E-state index in [2.05, 4.69) is 15.0 Å². The molecule has 3 rings (SSSR count). The van der Waals surface area contributed by atoms with Gasteiger partial charge in [0.15, 0.2) is 0 Å². The molecule has 0 aliphatic carbocycles. The van der Waals surface area contributed by atoms with Crippen LogP contribution in [0.25, 0.3) is 4.96 Å². The number of fused-ring (bicyclic) bond motifs is 1. The Bertz CT molecular complexity index is 903. The van der Waals surface area contributed by atoms with Gasteiger partial charge in [-0.2, -0.15) is 9.61 Å². The molecule has 7 heteroatoms. The zero-order chi connectivity index (χ0) is 17.1. The summed E-state index contributed by atoms with van der Waals surface area (Å²) < 4.78 is 7.16. The average Bonchev–Trinajstić information content (AvgIpc) is 2.90. The number of hydrogen-bond acceptors (Lipinski definition) is 6. The quantitative estimate of drug-likeness (QED) is 0.687. The number of aryl methyl sites for hydroxylation is 2. The molecule has 0 unspecified atom stereocenters. The van der Waals surface area contributed by atoms with Gasteiger partial charge in [-0.25, -0.2) is 4.98 Å². The minimum atomic E-state index is -0.135. The van der Waals surface area contributed by atoms with Gasteiger partial charge in [-0.1, -0.05) is 29.5 Å². The fourth-order valence-electron chi connectivity index (χ4n) is 2.42. The minimum absolute atomic E-state index is 0.135. The molecule has 24 heavy (non-hydrogen) atoms. The van der Waals surface area contributed by atoms with Crippen LogP contribution in [0, 0.1) is 13.8 Å². The van der Waals surface area contributed by atoms with E-state index in [0.717, 1.165) is 28.6 Å². The van der Waals surface area contributed by atoms with Gasteiger partial charge in [-0.05, 0) is 32.5 Å². The predicted molar refractivity (Wildman–Crippen MR) is 94.9 cm³/mol. The van der Waals surface area contributed by atoms with Crippen molar-refractivity contribution in [3.63, 3.8) is 0 Å². The SMILES string of the molecule is Cc1nn2c(=O)cc(CN(C)CCOc3ccccc3C)nc2s1. The largest absolute Gasteiger partial charge is 0.492 e. The first-order valence-electron chi connectivity index (χ1n) is 7.76. The molecule has 0 radical (unpaired) electrons. The van der Waals surface area contributed by atoms with E-state index in [0.29, 0.717) is 18.1 Å². The molecule has 2 aromatic heterocycles. The lowest BCUT2D eigenvalue weighted by molar-refractivity contribution is 0.230. The summed E-state index contributed by atoms with van der Waals surface area (Å²) in [5.41, 5.74) is 1.74. The smallest absolute Gasteiger partial charge is 0.275 e. The minimum Gasteiger partial charge on any atom is -0.492 e. The molecule has 126 valence electrons. The van der Waals surface area contributed by atoms with Crippen molar-refractivity contribution in [3.8, 4) is 5.75 Å². The van der Waals surface area contributed by atoms with Crippen molar-refractivity contribution >= 4 is 16.3 Å². The molecule has 0 aliphatic rings. The third-order valence-electron chi connectivity index (χ3n) is 3.66. The number of rotatable bonds is 6. The third-order valence-corrected chi connectivity index (χ3v) is 4.48. The van der Waals surface area contributed by atoms with Gasteiger partial charge in [0.25, 0.3) is 5.56 Å². The lowest BCUT2D eigenvalue weighted by atomic mass is 10.2. The lowest BCUT2D eigenvalue weighted by Crippen LogP contribution is -2.26. The Kier molecular flexibility index (Phi) is 4.92. The van der Waals surface area contributed by atoms with Crippen LogP contribution < -0.4 is 10.3 Å². The fraction of sp³-hybridized carbons (Fsp3) is 0.353. The topological polar surface area (TPSA) is 59.7 Å². The Morgan fingerprint density at radius 1 is 1.29 bits per heavy atom. The third kappa shape index (κ3) is 3.80. The summed E-state index contributed by atoms with van der Waals surface area (Å²) in [6.07, 6.45) is 0. The van der Waals surface area contributed by atoms with E-state index in [1.54, 1.807) is 6.07 Å². The highest BCUT2D eigenvalue weighted by molar-refractivity contribution is 7.16. The molecule has 0 spiro atoms. The summed E-state index contributed by atoms with van der Waals surface area (Å²) in [5, 5.41) is 4.98. The average molecular weight is 344 g/mol. The fourth-order valence-corrected chi connectivity index (χ4v) is 3.19. The van der Waals surface area contributed by atoms with Gasteiger partial charge in [0.2, 0.25) is 4.96 Å². The maximum absolute atomic E-state index is 12.1. The van der Waals surface area contributed by atoms with E-state index in [-0.39, 0.29) is 5.56 Å². The molecule has 6 nitrogen and oxygen atoms in total. The van der Waals surface area contributed by atoms with E-state index in [1.807, 2.05) is 45.2 Å². The van der Waals surface area contributed by atoms with Gasteiger partial charge in [-0.3, -0.25) is 9.69 Å². The molecule has 3 aromatic rings. The van der Waals surface area contributed by atoms with Crippen molar-refractivity contribution in [2.75, 3.05) is 20.2 Å². The van der Waals surface area contributed by atoms with Crippen LogP contribution in [0.4, 0.5) is 0 Å². The van der Waals surface area contributed by atoms with E-state index < -0.39 is 0 Å². The Morgan fingerprint density at radius 2 is 2.08 bits per heavy atom. The lowest BCUT2D eigenvalue weighted by Gasteiger charge is -2.17. The van der Waals surface area contributed by atoms with E-state index in [9.17, 15) is 4.79 Å². The number of aromatic nitrogens is 3. The predicted octanol–water partition coefficient (Wildman–Crippen LogP) is 2.28. The molecule has 0 bridgehead atoms. The van der Waals surface area contributed by atoms with Crippen molar-refractivity contribution in [2.45, 2.75) is 20.4 Å². The van der Waals surface area contributed by atoms with Crippen LogP contribution in [0.2, 0.25) is 0 Å². The van der Waals surface area contributed by atoms with Crippen LogP contribution in [0.5, 0.6) is 5.75 Å². The number of nitrogens with zero attached hydrogens (tertiary/aromatic N) is 4. The maximum atomic E-state index is 12.1. The molecule has 0 saturated heterocycles. The number of ether oxygens (including phenoxy) is 1. The standard InChI is InChI=1S/C17H20N4O2S/c1-12-6-4-5-7-15(12)23-9-8-20(3)11-14-10-16(22)21-17(18-14)24-13(2)19-21/h4-7,10H,8-9,11H2,1-3H3. The number of hydrogen-bond donors (Lipinski definition) is 0. The van der Waals surface area contributed by atoms with Crippen molar-refractivity contribution < 1.29 is 4.74 Å². The Hall–Kier alpha value is -2.25. The van der Waals surface area contributed by atoms with Crippen LogP contribution in [0.3, 0.4) is 0 Å². The second-order valence-electron chi connectivity index (χ2n) is 5.75. The van der Waals surface area contributed by atoms with Gasteiger partial charge >= 0.3 is 0 Å². The van der Waals surface area contributed by atoms with Crippen LogP contribution in [0.1, 0.15) is 16.3 Å². The van der Waals surface area contributed by atoms with Crippen molar-refractivity contribution in [1.29, 1.82) is 0 Å². The summed E-state index contributed by atoms with van der Waals surface area (Å²) in [4.78, 5) is 19.3. The molecule has 0 N–H and O–H groups in total. The Balaban J connectivity index is 1.59. The second kappa shape index (κ2) is 7.11. The van der Waals surface area contributed by atoms with Crippen LogP contribution in [-0.2, 0) is 6.54 Å². The molecule has 0 fully saturated rings. The van der Waals surface area contributed by atoms with Crippen LogP contribution in [0.15, 0.2) is 35.1 Å². The van der Waals surface area contributed by atoms with Crippen molar-refractivity contribution in [3.05, 3.63) is 57.0 Å². The van der Waals surface area contributed by atoms with Gasteiger partial charge in [0.05, 0.1) is 5.69 Å². The number of benzene rings is 1. The first-order valence-corrected chi connectivity index (χ1v) is 8.58. The normalized spacial score (nSPS) is 11.3. The monoisotopic (exact) mass is 344 g/mol. The Labute approximate surface area is 144 Å². The van der Waals surface area contributed by atoms with Crippen molar-refractivity contribution in [2.24, 2.45) is 0 Å². The molecule has 0 aliphatic heterocycles. The molecule has 0 saturated carbocycles. The van der Waals surface area contributed by atoms with E-state index in [4.69, 9.17) is 4.74 Å². The summed E-state index contributed by atoms with van der Waals surface area (Å²) in [7, 11) is 1.99. The van der Waals surface area contributed by atoms with Crippen LogP contribution in [-0.4, -0.2) is 39.7 Å². The molecular weight excluding hydrogens is 324 g/mol. The van der Waals surface area contributed by atoms with Crippen molar-refractivity contribution in [1.82, 2.24) is 19.5 Å². The first-order chi connectivity index (χ1) is 11.5. The van der Waals surface area contributed by atoms with Crippen LogP contribution >= 0.6 is 11.3 Å². The summed E-state index contributed by atoms with van der Waals surface area (Å²) in [6, 6.07) is 9.51. The zero-order valence-electron chi connectivity index (χ0n) is 14.0. The molecule has 1 aromatic carbocycles. The zero-order valence-corrected chi connectivity index (χ0v) is 14.8. The highest BCUT2D eigenvalue weighted by atomic mass is 32.1. The molecular formula is C17H20N4O2S. The molecule has 0 amide bonds. The maximum Gasteiger partial charge on any atom is 0.275 e. The van der Waals surface area contributed by atoms with E-state index in [1.165, 1.54) is 15.9 Å². The first kappa shape index (κ1) is 16.6. The Morgan fingerprint density at radius 3 is 2.88 bits per heavy atom. The van der Waals surface area contributed by atoms with E-state index >= 15 is 0 Å². The summed E-state index contributed by atoms with van der Waals surface area (Å²) >= 11 is 1.42. The highest BCUT2D eigenvalue weighted by Gasteiger charge is 2.09.